The molecule has 0 saturated carbocycles. The van der Waals surface area contributed by atoms with Crippen molar-refractivity contribution >= 4 is 0 Å². The Balaban J connectivity index is 1.51. The summed E-state index contributed by atoms with van der Waals surface area (Å²) in [5.74, 6) is 0. The Kier molecular flexibility index (Phi) is 2.51. The zero-order valence-electron chi connectivity index (χ0n) is 10.3. The van der Waals surface area contributed by atoms with Crippen molar-refractivity contribution in [1.29, 1.82) is 0 Å². The summed E-state index contributed by atoms with van der Waals surface area (Å²) < 4.78 is 16.7. The van der Waals surface area contributed by atoms with Gasteiger partial charge in [-0.25, -0.2) is 0 Å². The number of epoxide rings is 2. The van der Waals surface area contributed by atoms with Crippen LogP contribution in [0.1, 0.15) is 25.5 Å². The van der Waals surface area contributed by atoms with Gasteiger partial charge in [-0.05, 0) is 19.4 Å². The normalized spacial score (nSPS) is 39.1. The second kappa shape index (κ2) is 3.80. The Bertz CT molecular complexity index is 399. The van der Waals surface area contributed by atoms with Crippen LogP contribution in [0.3, 0.4) is 0 Å². The standard InChI is InChI=1S/C14H18O3/c1-13(9-16-13)8-15-10-14(2)12(17-14)11-6-4-3-5-7-11/h3-7,12H,8-10H2,1-2H3/t12-,13+,14-/m1/s1. The summed E-state index contributed by atoms with van der Waals surface area (Å²) in [7, 11) is 0. The summed E-state index contributed by atoms with van der Waals surface area (Å²) in [6.45, 7) is 6.27. The molecule has 0 aliphatic carbocycles. The Labute approximate surface area is 102 Å². The highest BCUT2D eigenvalue weighted by molar-refractivity contribution is 5.25. The highest BCUT2D eigenvalue weighted by Crippen LogP contribution is 2.49. The largest absolute Gasteiger partial charge is 0.375 e. The lowest BCUT2D eigenvalue weighted by Crippen LogP contribution is -2.22. The van der Waals surface area contributed by atoms with Crippen molar-refractivity contribution < 1.29 is 14.2 Å². The van der Waals surface area contributed by atoms with Gasteiger partial charge >= 0.3 is 0 Å². The molecule has 2 heterocycles. The van der Waals surface area contributed by atoms with Crippen molar-refractivity contribution in [2.24, 2.45) is 0 Å². The minimum Gasteiger partial charge on any atom is -0.375 e. The third-order valence-electron chi connectivity index (χ3n) is 3.42. The molecule has 1 aromatic rings. The maximum Gasteiger partial charge on any atom is 0.120 e. The summed E-state index contributed by atoms with van der Waals surface area (Å²) in [5, 5.41) is 0. The Hall–Kier alpha value is -0.900. The third kappa shape index (κ3) is 2.37. The van der Waals surface area contributed by atoms with Crippen LogP contribution in [0.15, 0.2) is 30.3 Å². The summed E-state index contributed by atoms with van der Waals surface area (Å²) in [4.78, 5) is 0. The van der Waals surface area contributed by atoms with Gasteiger partial charge < -0.3 is 14.2 Å². The molecule has 3 heteroatoms. The summed E-state index contributed by atoms with van der Waals surface area (Å²) in [5.41, 5.74) is 1.03. The lowest BCUT2D eigenvalue weighted by molar-refractivity contribution is 0.0520. The summed E-state index contributed by atoms with van der Waals surface area (Å²) in [6, 6.07) is 10.3. The van der Waals surface area contributed by atoms with Gasteiger partial charge in [0.2, 0.25) is 0 Å². The van der Waals surface area contributed by atoms with Gasteiger partial charge in [0.1, 0.15) is 17.3 Å². The SMILES string of the molecule is C[C@]1(COC[C@@]2(C)O[C@@H]2c2ccccc2)CO1. The van der Waals surface area contributed by atoms with E-state index in [0.29, 0.717) is 13.2 Å². The van der Waals surface area contributed by atoms with Crippen LogP contribution in [0.2, 0.25) is 0 Å². The molecule has 0 radical (unpaired) electrons. The van der Waals surface area contributed by atoms with E-state index in [1.807, 2.05) is 18.2 Å². The van der Waals surface area contributed by atoms with Gasteiger partial charge in [0.05, 0.1) is 19.8 Å². The molecule has 0 amide bonds. The van der Waals surface area contributed by atoms with Gasteiger partial charge in [0.15, 0.2) is 0 Å². The molecule has 2 fully saturated rings. The Morgan fingerprint density at radius 3 is 2.59 bits per heavy atom. The van der Waals surface area contributed by atoms with Crippen LogP contribution in [0.25, 0.3) is 0 Å². The first kappa shape index (κ1) is 11.2. The molecule has 3 rings (SSSR count). The average molecular weight is 234 g/mol. The van der Waals surface area contributed by atoms with E-state index in [2.05, 4.69) is 26.0 Å². The van der Waals surface area contributed by atoms with E-state index < -0.39 is 0 Å². The molecule has 17 heavy (non-hydrogen) atoms. The molecule has 0 N–H and O–H groups in total. The van der Waals surface area contributed by atoms with E-state index in [1.54, 1.807) is 0 Å². The number of hydrogen-bond donors (Lipinski definition) is 0. The average Bonchev–Trinajstić information content (AvgIpc) is 3.20. The third-order valence-corrected chi connectivity index (χ3v) is 3.42. The second-order valence-electron chi connectivity index (χ2n) is 5.45. The highest BCUT2D eigenvalue weighted by atomic mass is 16.6. The molecule has 2 aliphatic rings. The first-order valence-corrected chi connectivity index (χ1v) is 6.06. The lowest BCUT2D eigenvalue weighted by Gasteiger charge is -2.10. The van der Waals surface area contributed by atoms with E-state index in [9.17, 15) is 0 Å². The predicted molar refractivity (Wildman–Crippen MR) is 63.8 cm³/mol. The zero-order chi connectivity index (χ0) is 11.9. The van der Waals surface area contributed by atoms with Gasteiger partial charge in [-0.2, -0.15) is 0 Å². The molecule has 0 unspecified atom stereocenters. The van der Waals surface area contributed by atoms with Crippen LogP contribution in [-0.4, -0.2) is 31.0 Å². The molecule has 0 aromatic heterocycles. The molecule has 0 bridgehead atoms. The van der Waals surface area contributed by atoms with Crippen LogP contribution in [0.4, 0.5) is 0 Å². The van der Waals surface area contributed by atoms with Gasteiger partial charge in [-0.15, -0.1) is 0 Å². The highest BCUT2D eigenvalue weighted by Gasteiger charge is 2.53. The maximum absolute atomic E-state index is 5.76. The van der Waals surface area contributed by atoms with Crippen molar-refractivity contribution in [2.45, 2.75) is 31.2 Å². The first-order chi connectivity index (χ1) is 8.11. The molecule has 1 aromatic carbocycles. The van der Waals surface area contributed by atoms with Crippen molar-refractivity contribution in [3.63, 3.8) is 0 Å². The molecule has 2 saturated heterocycles. The van der Waals surface area contributed by atoms with Gasteiger partial charge in [0, 0.05) is 0 Å². The first-order valence-electron chi connectivity index (χ1n) is 6.06. The molecule has 2 aliphatic heterocycles. The van der Waals surface area contributed by atoms with Crippen molar-refractivity contribution in [3.8, 4) is 0 Å². The Morgan fingerprint density at radius 2 is 1.94 bits per heavy atom. The van der Waals surface area contributed by atoms with Crippen LogP contribution in [0, 0.1) is 0 Å². The van der Waals surface area contributed by atoms with Crippen LogP contribution < -0.4 is 0 Å². The van der Waals surface area contributed by atoms with Gasteiger partial charge in [0.25, 0.3) is 0 Å². The summed E-state index contributed by atoms with van der Waals surface area (Å²) in [6.07, 6.45) is 0.177. The fourth-order valence-corrected chi connectivity index (χ4v) is 2.07. The maximum atomic E-state index is 5.76. The van der Waals surface area contributed by atoms with Crippen molar-refractivity contribution in [1.82, 2.24) is 0 Å². The predicted octanol–water partition coefficient (Wildman–Crippen LogP) is 2.32. The van der Waals surface area contributed by atoms with Crippen LogP contribution in [-0.2, 0) is 14.2 Å². The van der Waals surface area contributed by atoms with E-state index >= 15 is 0 Å². The van der Waals surface area contributed by atoms with Crippen molar-refractivity contribution in [3.05, 3.63) is 35.9 Å². The van der Waals surface area contributed by atoms with E-state index in [1.165, 1.54) is 5.56 Å². The molecule has 92 valence electrons. The van der Waals surface area contributed by atoms with Gasteiger partial charge in [-0.1, -0.05) is 30.3 Å². The number of rotatable bonds is 5. The molecule has 0 spiro atoms. The quantitative estimate of drug-likeness (QED) is 0.733. The Morgan fingerprint density at radius 1 is 1.24 bits per heavy atom. The fraction of sp³-hybridized carbons (Fsp3) is 0.571. The fourth-order valence-electron chi connectivity index (χ4n) is 2.07. The minimum atomic E-state index is -0.160. The van der Waals surface area contributed by atoms with Gasteiger partial charge in [-0.3, -0.25) is 0 Å². The number of benzene rings is 1. The zero-order valence-corrected chi connectivity index (χ0v) is 10.3. The van der Waals surface area contributed by atoms with E-state index in [0.717, 1.165) is 6.61 Å². The van der Waals surface area contributed by atoms with Crippen LogP contribution >= 0.6 is 0 Å². The van der Waals surface area contributed by atoms with Crippen molar-refractivity contribution in [2.75, 3.05) is 19.8 Å². The lowest BCUT2D eigenvalue weighted by atomic mass is 10.0. The summed E-state index contributed by atoms with van der Waals surface area (Å²) >= 11 is 0. The molecular weight excluding hydrogens is 216 g/mol. The molecular formula is C14H18O3. The number of ether oxygens (including phenoxy) is 3. The monoisotopic (exact) mass is 234 g/mol. The minimum absolute atomic E-state index is 0.0342. The second-order valence-corrected chi connectivity index (χ2v) is 5.45. The molecule has 3 nitrogen and oxygen atoms in total. The topological polar surface area (TPSA) is 34.3 Å². The smallest absolute Gasteiger partial charge is 0.120 e. The number of hydrogen-bond acceptors (Lipinski definition) is 3. The van der Waals surface area contributed by atoms with E-state index in [4.69, 9.17) is 14.2 Å². The van der Waals surface area contributed by atoms with Crippen LogP contribution in [0.5, 0.6) is 0 Å². The molecule has 3 atom stereocenters. The van der Waals surface area contributed by atoms with E-state index in [-0.39, 0.29) is 17.3 Å².